The maximum atomic E-state index is 12.2. The smallest absolute Gasteiger partial charge is 0.308 e. The molecule has 0 aliphatic heterocycles. The highest BCUT2D eigenvalue weighted by Crippen LogP contribution is 2.27. The van der Waals surface area contributed by atoms with Gasteiger partial charge < -0.3 is 15.4 Å². The first-order valence-electron chi connectivity index (χ1n) is 8.80. The number of rotatable bonds is 7. The predicted octanol–water partition coefficient (Wildman–Crippen LogP) is 3.71. The van der Waals surface area contributed by atoms with Gasteiger partial charge in [0.25, 0.3) is 5.91 Å². The number of hydrogen-bond donors (Lipinski definition) is 2. The van der Waals surface area contributed by atoms with Crippen LogP contribution >= 0.6 is 11.6 Å². The van der Waals surface area contributed by atoms with Gasteiger partial charge in [0.2, 0.25) is 5.91 Å². The molecule has 0 saturated carbocycles. The van der Waals surface area contributed by atoms with Crippen LogP contribution < -0.4 is 10.6 Å². The first-order chi connectivity index (χ1) is 13.3. The third-order valence-electron chi connectivity index (χ3n) is 4.01. The van der Waals surface area contributed by atoms with Crippen molar-refractivity contribution < 1.29 is 19.1 Å². The Morgan fingerprint density at radius 3 is 2.39 bits per heavy atom. The fraction of sp³-hybridized carbons (Fsp3) is 0.286. The van der Waals surface area contributed by atoms with E-state index in [-0.39, 0.29) is 12.3 Å². The van der Waals surface area contributed by atoms with Crippen LogP contribution in [-0.4, -0.2) is 24.4 Å². The minimum atomic E-state index is -0.593. The SMILES string of the molecule is CC(=O)N[C@H](CC(=O)OCC(=O)Nc1c(C)cc(C)cc1Cl)c1ccccc1. The lowest BCUT2D eigenvalue weighted by Crippen LogP contribution is -2.29. The number of amides is 2. The molecule has 0 aromatic heterocycles. The van der Waals surface area contributed by atoms with Gasteiger partial charge in [0.1, 0.15) is 0 Å². The molecule has 0 saturated heterocycles. The van der Waals surface area contributed by atoms with Crippen molar-refractivity contribution in [1.82, 2.24) is 5.32 Å². The van der Waals surface area contributed by atoms with E-state index < -0.39 is 24.5 Å². The van der Waals surface area contributed by atoms with Gasteiger partial charge in [0, 0.05) is 6.92 Å². The van der Waals surface area contributed by atoms with Crippen LogP contribution in [0, 0.1) is 13.8 Å². The van der Waals surface area contributed by atoms with Crippen molar-refractivity contribution in [3.63, 3.8) is 0 Å². The van der Waals surface area contributed by atoms with Crippen molar-refractivity contribution in [2.45, 2.75) is 33.2 Å². The van der Waals surface area contributed by atoms with Gasteiger partial charge >= 0.3 is 5.97 Å². The second-order valence-corrected chi connectivity index (χ2v) is 6.92. The van der Waals surface area contributed by atoms with Crippen LogP contribution in [-0.2, 0) is 19.1 Å². The molecule has 7 heteroatoms. The quantitative estimate of drug-likeness (QED) is 0.691. The van der Waals surface area contributed by atoms with E-state index in [1.165, 1.54) is 6.92 Å². The van der Waals surface area contributed by atoms with Crippen molar-refractivity contribution in [3.8, 4) is 0 Å². The fourth-order valence-corrected chi connectivity index (χ4v) is 3.17. The summed E-state index contributed by atoms with van der Waals surface area (Å²) in [6, 6.07) is 12.2. The highest BCUT2D eigenvalue weighted by molar-refractivity contribution is 6.34. The summed E-state index contributed by atoms with van der Waals surface area (Å²) in [7, 11) is 0. The van der Waals surface area contributed by atoms with Gasteiger partial charge in [-0.1, -0.05) is 48.0 Å². The van der Waals surface area contributed by atoms with E-state index in [1.807, 2.05) is 50.2 Å². The van der Waals surface area contributed by atoms with Gasteiger partial charge in [-0.3, -0.25) is 14.4 Å². The predicted molar refractivity (Wildman–Crippen MR) is 108 cm³/mol. The van der Waals surface area contributed by atoms with Crippen LogP contribution in [0.1, 0.15) is 36.1 Å². The van der Waals surface area contributed by atoms with Gasteiger partial charge in [-0.2, -0.15) is 0 Å². The standard InChI is InChI=1S/C21H23ClN2O4/c1-13-9-14(2)21(17(22)10-13)24-19(26)12-28-20(27)11-18(23-15(3)25)16-7-5-4-6-8-16/h4-10,18H,11-12H2,1-3H3,(H,23,25)(H,24,26)/t18-/m1/s1. The number of ether oxygens (including phenoxy) is 1. The van der Waals surface area contributed by atoms with Crippen LogP contribution in [0.2, 0.25) is 5.02 Å². The number of esters is 1. The Kier molecular flexibility index (Phi) is 7.58. The average Bonchev–Trinajstić information content (AvgIpc) is 2.63. The minimum absolute atomic E-state index is 0.0822. The van der Waals surface area contributed by atoms with Gasteiger partial charge in [0.15, 0.2) is 6.61 Å². The van der Waals surface area contributed by atoms with Crippen LogP contribution in [0.15, 0.2) is 42.5 Å². The topological polar surface area (TPSA) is 84.5 Å². The molecule has 148 valence electrons. The zero-order valence-corrected chi connectivity index (χ0v) is 16.8. The van der Waals surface area contributed by atoms with E-state index in [2.05, 4.69) is 10.6 Å². The Balaban J connectivity index is 1.93. The van der Waals surface area contributed by atoms with Crippen molar-refractivity contribution in [1.29, 1.82) is 0 Å². The molecule has 2 aromatic rings. The summed E-state index contributed by atoms with van der Waals surface area (Å²) in [6.07, 6.45) is -0.0822. The number of carbonyl (C=O) groups excluding carboxylic acids is 3. The third kappa shape index (κ3) is 6.39. The number of nitrogens with one attached hydrogen (secondary N) is 2. The number of carbonyl (C=O) groups is 3. The van der Waals surface area contributed by atoms with E-state index in [0.29, 0.717) is 10.7 Å². The molecule has 2 rings (SSSR count). The maximum absolute atomic E-state index is 12.2. The Bertz CT molecular complexity index is 845. The minimum Gasteiger partial charge on any atom is -0.455 e. The number of hydrogen-bond acceptors (Lipinski definition) is 4. The highest BCUT2D eigenvalue weighted by atomic mass is 35.5. The lowest BCUT2D eigenvalue weighted by atomic mass is 10.0. The van der Waals surface area contributed by atoms with Crippen LogP contribution in [0.5, 0.6) is 0 Å². The Morgan fingerprint density at radius 2 is 1.79 bits per heavy atom. The molecule has 0 fully saturated rings. The lowest BCUT2D eigenvalue weighted by Gasteiger charge is -2.17. The fourth-order valence-electron chi connectivity index (χ4n) is 2.80. The van der Waals surface area contributed by atoms with Gasteiger partial charge in [-0.25, -0.2) is 0 Å². The molecule has 0 bridgehead atoms. The van der Waals surface area contributed by atoms with Gasteiger partial charge in [0.05, 0.1) is 23.2 Å². The summed E-state index contributed by atoms with van der Waals surface area (Å²) in [5, 5.41) is 5.80. The number of anilines is 1. The molecule has 0 heterocycles. The summed E-state index contributed by atoms with van der Waals surface area (Å²) in [5.41, 5.74) is 3.08. The molecule has 0 aliphatic carbocycles. The monoisotopic (exact) mass is 402 g/mol. The molecule has 28 heavy (non-hydrogen) atoms. The summed E-state index contributed by atoms with van der Waals surface area (Å²) in [5.74, 6) is -1.34. The molecule has 0 spiro atoms. The molecule has 2 amide bonds. The number of benzene rings is 2. The maximum Gasteiger partial charge on any atom is 0.308 e. The van der Waals surface area contributed by atoms with Crippen molar-refractivity contribution >= 4 is 35.1 Å². The van der Waals surface area contributed by atoms with Crippen LogP contribution in [0.3, 0.4) is 0 Å². The van der Waals surface area contributed by atoms with Gasteiger partial charge in [-0.05, 0) is 36.6 Å². The summed E-state index contributed by atoms with van der Waals surface area (Å²) in [6.45, 7) is 4.68. The highest BCUT2D eigenvalue weighted by Gasteiger charge is 2.19. The zero-order chi connectivity index (χ0) is 20.7. The summed E-state index contributed by atoms with van der Waals surface area (Å²) < 4.78 is 5.07. The van der Waals surface area contributed by atoms with Crippen molar-refractivity contribution in [2.75, 3.05) is 11.9 Å². The van der Waals surface area contributed by atoms with Crippen molar-refractivity contribution in [2.24, 2.45) is 0 Å². The molecule has 2 N–H and O–H groups in total. The van der Waals surface area contributed by atoms with Gasteiger partial charge in [-0.15, -0.1) is 0 Å². The average molecular weight is 403 g/mol. The summed E-state index contributed by atoms with van der Waals surface area (Å²) >= 11 is 6.16. The second-order valence-electron chi connectivity index (χ2n) is 6.52. The molecule has 6 nitrogen and oxygen atoms in total. The normalized spacial score (nSPS) is 11.4. The van der Waals surface area contributed by atoms with E-state index in [1.54, 1.807) is 6.07 Å². The Morgan fingerprint density at radius 1 is 1.11 bits per heavy atom. The number of aryl methyl sites for hydroxylation is 2. The molecule has 0 radical (unpaired) electrons. The second kappa shape index (κ2) is 9.90. The van der Waals surface area contributed by atoms with E-state index in [0.717, 1.165) is 16.7 Å². The summed E-state index contributed by atoms with van der Waals surface area (Å²) in [4.78, 5) is 35.7. The lowest BCUT2D eigenvalue weighted by molar-refractivity contribution is -0.148. The molecule has 1 atom stereocenters. The number of halogens is 1. The van der Waals surface area contributed by atoms with E-state index in [4.69, 9.17) is 16.3 Å². The third-order valence-corrected chi connectivity index (χ3v) is 4.31. The van der Waals surface area contributed by atoms with E-state index >= 15 is 0 Å². The van der Waals surface area contributed by atoms with E-state index in [9.17, 15) is 14.4 Å². The first-order valence-corrected chi connectivity index (χ1v) is 9.18. The molecule has 0 aliphatic rings. The molecular weight excluding hydrogens is 380 g/mol. The molecule has 0 unspecified atom stereocenters. The first kappa shape index (κ1) is 21.4. The Labute approximate surface area is 169 Å². The van der Waals surface area contributed by atoms with Crippen LogP contribution in [0.25, 0.3) is 0 Å². The molecular formula is C21H23ClN2O4. The van der Waals surface area contributed by atoms with Crippen LogP contribution in [0.4, 0.5) is 5.69 Å². The van der Waals surface area contributed by atoms with Crippen molar-refractivity contribution in [3.05, 3.63) is 64.2 Å². The zero-order valence-electron chi connectivity index (χ0n) is 16.0. The molecule has 2 aromatic carbocycles. The Hall–Kier alpha value is -2.86. The largest absolute Gasteiger partial charge is 0.455 e.